The van der Waals surface area contributed by atoms with Gasteiger partial charge in [0, 0.05) is 17.2 Å². The predicted octanol–water partition coefficient (Wildman–Crippen LogP) is 5.57. The van der Waals surface area contributed by atoms with Gasteiger partial charge in [0.05, 0.1) is 40.1 Å². The minimum absolute atomic E-state index is 0.0490. The number of allylic oxidation sites excluding steroid dienone is 1. The van der Waals surface area contributed by atoms with Crippen molar-refractivity contribution in [2.75, 3.05) is 13.7 Å². The van der Waals surface area contributed by atoms with Crippen LogP contribution in [0.15, 0.2) is 92.2 Å². The van der Waals surface area contributed by atoms with Gasteiger partial charge in [-0.25, -0.2) is 14.6 Å². The number of ether oxygens (including phenoxy) is 2. The van der Waals surface area contributed by atoms with Gasteiger partial charge in [-0.3, -0.25) is 9.36 Å². The number of esters is 1. The number of carbonyl (C=O) groups is 2. The normalized spacial score (nSPS) is 14.8. The molecule has 0 saturated heterocycles. The lowest BCUT2D eigenvalue weighted by Crippen LogP contribution is -2.40. The van der Waals surface area contributed by atoms with Gasteiger partial charge in [0.1, 0.15) is 23.3 Å². The highest BCUT2D eigenvalue weighted by Gasteiger charge is 2.36. The second-order valence-corrected chi connectivity index (χ2v) is 11.3. The number of carboxylic acid groups (broad SMARTS) is 1. The third kappa shape index (κ3) is 5.01. The van der Waals surface area contributed by atoms with Crippen LogP contribution in [0.4, 0.5) is 0 Å². The number of halogens is 1. The summed E-state index contributed by atoms with van der Waals surface area (Å²) < 4.78 is 19.0. The first kappa shape index (κ1) is 29.2. The molecule has 1 aliphatic heterocycles. The molecule has 2 aromatic heterocycles. The van der Waals surface area contributed by atoms with Crippen molar-refractivity contribution >= 4 is 51.7 Å². The second kappa shape index (κ2) is 11.6. The first-order chi connectivity index (χ1) is 21.2. The molecule has 0 radical (unpaired) electrons. The first-order valence-corrected chi connectivity index (χ1v) is 14.8. The minimum atomic E-state index is -1.15. The summed E-state index contributed by atoms with van der Waals surface area (Å²) >= 11 is 7.18. The van der Waals surface area contributed by atoms with Gasteiger partial charge in [-0.2, -0.15) is 0 Å². The molecule has 0 bridgehead atoms. The Morgan fingerprint density at radius 3 is 2.68 bits per heavy atom. The summed E-state index contributed by atoms with van der Waals surface area (Å²) in [4.78, 5) is 44.2. The van der Waals surface area contributed by atoms with Gasteiger partial charge >= 0.3 is 11.9 Å². The predicted molar refractivity (Wildman–Crippen MR) is 167 cm³/mol. The number of carboxylic acids is 1. The smallest absolute Gasteiger partial charge is 0.338 e. The third-order valence-electron chi connectivity index (χ3n) is 7.32. The van der Waals surface area contributed by atoms with E-state index in [1.54, 1.807) is 45.2 Å². The zero-order chi connectivity index (χ0) is 31.1. The van der Waals surface area contributed by atoms with E-state index < -0.39 is 18.0 Å². The summed E-state index contributed by atoms with van der Waals surface area (Å²) in [6.07, 6.45) is 1.60. The fourth-order valence-electron chi connectivity index (χ4n) is 5.36. The molecule has 0 unspecified atom stereocenters. The van der Waals surface area contributed by atoms with Crippen molar-refractivity contribution in [1.29, 1.82) is 0 Å². The molecule has 0 fully saturated rings. The maximum atomic E-state index is 14.1. The number of aromatic nitrogens is 1. The van der Waals surface area contributed by atoms with Crippen LogP contribution in [0.3, 0.4) is 0 Å². The van der Waals surface area contributed by atoms with Gasteiger partial charge in [0.25, 0.3) is 5.56 Å². The van der Waals surface area contributed by atoms with Crippen LogP contribution in [0.25, 0.3) is 28.2 Å². The van der Waals surface area contributed by atoms with E-state index in [0.717, 1.165) is 22.1 Å². The Labute approximate surface area is 259 Å². The average molecular weight is 629 g/mol. The molecule has 0 amide bonds. The van der Waals surface area contributed by atoms with Crippen molar-refractivity contribution in [2.45, 2.75) is 19.9 Å². The molecule has 3 heterocycles. The zero-order valence-electron chi connectivity index (χ0n) is 23.8. The third-order valence-corrected chi connectivity index (χ3v) is 8.64. The Kier molecular flexibility index (Phi) is 7.71. The fraction of sp³-hybridized carbons (Fsp3) is 0.152. The van der Waals surface area contributed by atoms with E-state index >= 15 is 0 Å². The Hall–Kier alpha value is -4.93. The van der Waals surface area contributed by atoms with Crippen molar-refractivity contribution in [1.82, 2.24) is 4.57 Å². The lowest BCUT2D eigenvalue weighted by Gasteiger charge is -2.27. The highest BCUT2D eigenvalue weighted by atomic mass is 35.5. The number of benzene rings is 3. The number of nitrogens with zero attached hydrogens (tertiary/aromatic N) is 2. The molecule has 9 nitrogen and oxygen atoms in total. The van der Waals surface area contributed by atoms with E-state index in [1.807, 2.05) is 36.4 Å². The summed E-state index contributed by atoms with van der Waals surface area (Å²) in [5.74, 6) is -0.430. The van der Waals surface area contributed by atoms with Crippen LogP contribution >= 0.6 is 22.9 Å². The molecule has 1 atom stereocenters. The number of carbonyl (C=O) groups excluding carboxylic acids is 1. The van der Waals surface area contributed by atoms with E-state index in [1.165, 1.54) is 16.7 Å². The number of aromatic carboxylic acids is 1. The molecule has 1 N–H and O–H groups in total. The number of hydrogen-bond donors (Lipinski definition) is 1. The molecule has 222 valence electrons. The Morgan fingerprint density at radius 1 is 1.14 bits per heavy atom. The molecule has 11 heteroatoms. The van der Waals surface area contributed by atoms with Crippen LogP contribution in [0, 0.1) is 0 Å². The summed E-state index contributed by atoms with van der Waals surface area (Å²) in [6.45, 7) is 3.60. The SMILES string of the molecule is CCOC(=O)C1=C(C)N=c2s/c(=C/c3ccc(-c4ccc(Cl)c(C(=O)O)c4)o3)c(=O)n2[C@@H]1c1c(OC)ccc2ccccc12. The van der Waals surface area contributed by atoms with Gasteiger partial charge in [0.15, 0.2) is 4.80 Å². The zero-order valence-corrected chi connectivity index (χ0v) is 25.4. The molecule has 0 spiro atoms. The number of rotatable bonds is 7. The lowest BCUT2D eigenvalue weighted by atomic mass is 9.90. The first-order valence-electron chi connectivity index (χ1n) is 13.6. The number of thiazole rings is 1. The molecule has 0 aliphatic carbocycles. The second-order valence-electron chi connectivity index (χ2n) is 9.91. The van der Waals surface area contributed by atoms with Gasteiger partial charge in [-0.05, 0) is 61.0 Å². The van der Waals surface area contributed by atoms with E-state index in [0.29, 0.717) is 43.4 Å². The van der Waals surface area contributed by atoms with E-state index in [4.69, 9.17) is 25.5 Å². The van der Waals surface area contributed by atoms with Gasteiger partial charge < -0.3 is 19.0 Å². The lowest BCUT2D eigenvalue weighted by molar-refractivity contribution is -0.139. The van der Waals surface area contributed by atoms with Crippen LogP contribution in [-0.2, 0) is 9.53 Å². The van der Waals surface area contributed by atoms with Crippen molar-refractivity contribution in [3.63, 3.8) is 0 Å². The van der Waals surface area contributed by atoms with Crippen LogP contribution in [0.2, 0.25) is 5.02 Å². The standard InChI is InChI=1S/C33H25ClN2O7S/c1-4-42-32(40)27-17(2)35-33-36(29(27)28-21-8-6-5-7-18(21)10-13-25(28)41-3)30(37)26(44-33)16-20-11-14-24(43-20)19-9-12-23(34)22(15-19)31(38)39/h5-16,29H,4H2,1-3H3,(H,38,39)/b26-16+/t29-/m0/s1. The number of hydrogen-bond acceptors (Lipinski definition) is 8. The maximum absolute atomic E-state index is 14.1. The molecular formula is C33H25ClN2O7S. The molecule has 5 aromatic rings. The minimum Gasteiger partial charge on any atom is -0.496 e. The summed E-state index contributed by atoms with van der Waals surface area (Å²) in [6, 6.07) is 18.5. The van der Waals surface area contributed by atoms with Crippen LogP contribution in [0.5, 0.6) is 5.75 Å². The molecule has 3 aromatic carbocycles. The summed E-state index contributed by atoms with van der Waals surface area (Å²) in [5.41, 5.74) is 1.43. The molecule has 1 aliphatic rings. The van der Waals surface area contributed by atoms with Crippen LogP contribution < -0.4 is 19.6 Å². The Morgan fingerprint density at radius 2 is 1.93 bits per heavy atom. The van der Waals surface area contributed by atoms with E-state index in [9.17, 15) is 19.5 Å². The van der Waals surface area contributed by atoms with Crippen LogP contribution in [0.1, 0.15) is 41.6 Å². The van der Waals surface area contributed by atoms with Crippen molar-refractivity contribution < 1.29 is 28.6 Å². The highest BCUT2D eigenvalue weighted by Crippen LogP contribution is 2.40. The molecular weight excluding hydrogens is 604 g/mol. The highest BCUT2D eigenvalue weighted by molar-refractivity contribution is 7.07. The molecule has 0 saturated carbocycles. The van der Waals surface area contributed by atoms with Crippen molar-refractivity contribution in [3.8, 4) is 17.1 Å². The number of fused-ring (bicyclic) bond motifs is 2. The van der Waals surface area contributed by atoms with Gasteiger partial charge in [0.2, 0.25) is 0 Å². The Balaban J connectivity index is 1.54. The topological polar surface area (TPSA) is 120 Å². The largest absolute Gasteiger partial charge is 0.496 e. The van der Waals surface area contributed by atoms with E-state index in [-0.39, 0.29) is 28.3 Å². The van der Waals surface area contributed by atoms with E-state index in [2.05, 4.69) is 4.99 Å². The number of furan rings is 1. The molecule has 44 heavy (non-hydrogen) atoms. The number of methoxy groups -OCH3 is 1. The molecule has 6 rings (SSSR count). The van der Waals surface area contributed by atoms with Gasteiger partial charge in [-0.1, -0.05) is 53.3 Å². The summed E-state index contributed by atoms with van der Waals surface area (Å²) in [5, 5.41) is 11.3. The maximum Gasteiger partial charge on any atom is 0.338 e. The van der Waals surface area contributed by atoms with Crippen LogP contribution in [-0.4, -0.2) is 35.3 Å². The quantitative estimate of drug-likeness (QED) is 0.234. The fourth-order valence-corrected chi connectivity index (χ4v) is 6.58. The Bertz CT molecular complexity index is 2190. The summed E-state index contributed by atoms with van der Waals surface area (Å²) in [7, 11) is 1.55. The van der Waals surface area contributed by atoms with Crippen molar-refractivity contribution in [2.24, 2.45) is 4.99 Å². The van der Waals surface area contributed by atoms with Crippen molar-refractivity contribution in [3.05, 3.63) is 120 Å². The van der Waals surface area contributed by atoms with Gasteiger partial charge in [-0.15, -0.1) is 0 Å². The monoisotopic (exact) mass is 628 g/mol. The average Bonchev–Trinajstić information content (AvgIpc) is 3.60.